The van der Waals surface area contributed by atoms with Gasteiger partial charge < -0.3 is 19.4 Å². The summed E-state index contributed by atoms with van der Waals surface area (Å²) in [5, 5.41) is 0.947. The van der Waals surface area contributed by atoms with Crippen molar-refractivity contribution >= 4 is 22.8 Å². The van der Waals surface area contributed by atoms with E-state index in [1.165, 1.54) is 0 Å². The van der Waals surface area contributed by atoms with Gasteiger partial charge in [0.05, 0.1) is 5.92 Å². The van der Waals surface area contributed by atoms with Crippen LogP contribution in [0.15, 0.2) is 24.4 Å². The van der Waals surface area contributed by atoms with Gasteiger partial charge in [0.1, 0.15) is 11.4 Å². The molecule has 2 aromatic rings. The largest absolute Gasteiger partial charge is 0.459 e. The van der Waals surface area contributed by atoms with E-state index in [1.54, 1.807) is 13.8 Å². The Kier molecular flexibility index (Phi) is 7.24. The van der Waals surface area contributed by atoms with Gasteiger partial charge in [-0.05, 0) is 58.5 Å². The SMILES string of the molecule is CC(C)C(=O)OC(C)(C)CCC(=O)Oc1cccc2[nH]cc(CCN(C)C)c12. The monoisotopic (exact) mass is 388 g/mol. The molecule has 1 N–H and O–H groups in total. The van der Waals surface area contributed by atoms with Crippen molar-refractivity contribution in [3.8, 4) is 5.75 Å². The molecule has 1 aromatic carbocycles. The highest BCUT2D eigenvalue weighted by Gasteiger charge is 2.26. The lowest BCUT2D eigenvalue weighted by Crippen LogP contribution is -2.31. The first kappa shape index (κ1) is 22.0. The van der Waals surface area contributed by atoms with Gasteiger partial charge in [-0.3, -0.25) is 9.59 Å². The molecular formula is C22H32N2O4. The second-order valence-electron chi connectivity index (χ2n) is 8.36. The van der Waals surface area contributed by atoms with Gasteiger partial charge in [0, 0.05) is 30.1 Å². The summed E-state index contributed by atoms with van der Waals surface area (Å²) in [6.07, 6.45) is 3.41. The van der Waals surface area contributed by atoms with E-state index >= 15 is 0 Å². The van der Waals surface area contributed by atoms with Gasteiger partial charge in [0.2, 0.25) is 0 Å². The lowest BCUT2D eigenvalue weighted by atomic mass is 10.0. The first-order valence-corrected chi connectivity index (χ1v) is 9.76. The van der Waals surface area contributed by atoms with Crippen LogP contribution in [0.25, 0.3) is 10.9 Å². The van der Waals surface area contributed by atoms with Crippen molar-refractivity contribution in [1.82, 2.24) is 9.88 Å². The van der Waals surface area contributed by atoms with Crippen LogP contribution in [0, 0.1) is 5.92 Å². The molecule has 1 aromatic heterocycles. The minimum atomic E-state index is -0.711. The Morgan fingerprint density at radius 1 is 1.21 bits per heavy atom. The quantitative estimate of drug-likeness (QED) is 0.520. The van der Waals surface area contributed by atoms with Crippen molar-refractivity contribution in [1.29, 1.82) is 0 Å². The van der Waals surface area contributed by atoms with Crippen molar-refractivity contribution in [2.75, 3.05) is 20.6 Å². The fourth-order valence-electron chi connectivity index (χ4n) is 2.86. The number of esters is 2. The summed E-state index contributed by atoms with van der Waals surface area (Å²) in [5.74, 6) is -0.227. The molecule has 28 heavy (non-hydrogen) atoms. The molecule has 0 unspecified atom stereocenters. The van der Waals surface area contributed by atoms with Crippen molar-refractivity contribution in [2.24, 2.45) is 5.92 Å². The number of ether oxygens (including phenoxy) is 2. The highest BCUT2D eigenvalue weighted by molar-refractivity contribution is 5.91. The molecule has 2 rings (SSSR count). The van der Waals surface area contributed by atoms with Gasteiger partial charge in [0.25, 0.3) is 0 Å². The fourth-order valence-corrected chi connectivity index (χ4v) is 2.86. The average Bonchev–Trinajstić information content (AvgIpc) is 3.02. The predicted octanol–water partition coefficient (Wildman–Crippen LogP) is 3.94. The molecule has 0 aliphatic rings. The molecule has 1 heterocycles. The number of carbonyl (C=O) groups is 2. The maximum Gasteiger partial charge on any atom is 0.311 e. The number of aromatic amines is 1. The number of nitrogens with one attached hydrogen (secondary N) is 1. The number of H-pyrrole nitrogens is 1. The number of rotatable bonds is 9. The minimum absolute atomic E-state index is 0.173. The molecule has 6 nitrogen and oxygen atoms in total. The van der Waals surface area contributed by atoms with Crippen LogP contribution in [0.3, 0.4) is 0 Å². The highest BCUT2D eigenvalue weighted by atomic mass is 16.6. The maximum absolute atomic E-state index is 12.4. The summed E-state index contributed by atoms with van der Waals surface area (Å²) in [4.78, 5) is 29.6. The van der Waals surface area contributed by atoms with Crippen LogP contribution in [-0.2, 0) is 20.7 Å². The topological polar surface area (TPSA) is 71.6 Å². The molecule has 0 fully saturated rings. The summed E-state index contributed by atoms with van der Waals surface area (Å²) >= 11 is 0. The second-order valence-corrected chi connectivity index (χ2v) is 8.36. The minimum Gasteiger partial charge on any atom is -0.459 e. The number of nitrogens with zero attached hydrogens (tertiary/aromatic N) is 1. The number of likely N-dealkylation sites (N-methyl/N-ethyl adjacent to an activating group) is 1. The summed E-state index contributed by atoms with van der Waals surface area (Å²) in [7, 11) is 4.06. The van der Waals surface area contributed by atoms with E-state index in [1.807, 2.05) is 52.3 Å². The van der Waals surface area contributed by atoms with E-state index in [2.05, 4.69) is 9.88 Å². The van der Waals surface area contributed by atoms with E-state index in [9.17, 15) is 9.59 Å². The second kappa shape index (κ2) is 9.24. The summed E-state index contributed by atoms with van der Waals surface area (Å²) < 4.78 is 11.1. The average molecular weight is 389 g/mol. The molecule has 0 spiro atoms. The molecule has 0 saturated heterocycles. The Labute approximate surface area is 167 Å². The third-order valence-electron chi connectivity index (χ3n) is 4.58. The van der Waals surface area contributed by atoms with Gasteiger partial charge >= 0.3 is 11.9 Å². The van der Waals surface area contributed by atoms with Crippen molar-refractivity contribution < 1.29 is 19.1 Å². The van der Waals surface area contributed by atoms with Crippen LogP contribution in [0.1, 0.15) is 46.1 Å². The van der Waals surface area contributed by atoms with Gasteiger partial charge in [-0.1, -0.05) is 19.9 Å². The van der Waals surface area contributed by atoms with Gasteiger partial charge in [-0.15, -0.1) is 0 Å². The molecule has 0 aliphatic heterocycles. The van der Waals surface area contributed by atoms with Crippen LogP contribution >= 0.6 is 0 Å². The van der Waals surface area contributed by atoms with E-state index in [0.717, 1.165) is 29.4 Å². The van der Waals surface area contributed by atoms with Crippen LogP contribution < -0.4 is 4.74 Å². The Bertz CT molecular complexity index is 821. The summed E-state index contributed by atoms with van der Waals surface area (Å²) in [6, 6.07) is 5.66. The Hall–Kier alpha value is -2.34. The molecular weight excluding hydrogens is 356 g/mol. The molecule has 0 amide bonds. The normalized spacial score (nSPS) is 12.0. The first-order chi connectivity index (χ1) is 13.1. The third kappa shape index (κ3) is 6.09. The zero-order valence-corrected chi connectivity index (χ0v) is 17.8. The molecule has 6 heteroatoms. The molecule has 0 bridgehead atoms. The standard InChI is InChI=1S/C22H32N2O4/c1-15(2)21(26)28-22(3,4)12-10-19(25)27-18-9-7-8-17-20(18)16(14-23-17)11-13-24(5)6/h7-9,14-15,23H,10-13H2,1-6H3. The number of carbonyl (C=O) groups excluding carboxylic acids is 2. The number of fused-ring (bicyclic) bond motifs is 1. The molecule has 0 radical (unpaired) electrons. The van der Waals surface area contributed by atoms with Crippen LogP contribution in [0.5, 0.6) is 5.75 Å². The predicted molar refractivity (Wildman–Crippen MR) is 110 cm³/mol. The van der Waals surface area contributed by atoms with Crippen LogP contribution in [0.4, 0.5) is 0 Å². The van der Waals surface area contributed by atoms with Gasteiger partial charge in [-0.25, -0.2) is 0 Å². The molecule has 0 saturated carbocycles. The number of aromatic nitrogens is 1. The lowest BCUT2D eigenvalue weighted by Gasteiger charge is -2.25. The van der Waals surface area contributed by atoms with E-state index in [0.29, 0.717) is 12.2 Å². The summed E-state index contributed by atoms with van der Waals surface area (Å²) in [5.41, 5.74) is 1.36. The van der Waals surface area contributed by atoms with Crippen molar-refractivity contribution in [3.63, 3.8) is 0 Å². The number of hydrogen-bond donors (Lipinski definition) is 1. The van der Waals surface area contributed by atoms with Crippen LogP contribution in [-0.4, -0.2) is 48.1 Å². The zero-order chi connectivity index (χ0) is 20.9. The molecule has 154 valence electrons. The van der Waals surface area contributed by atoms with Gasteiger partial charge in [0.15, 0.2) is 0 Å². The molecule has 0 aliphatic carbocycles. The Morgan fingerprint density at radius 2 is 1.93 bits per heavy atom. The summed E-state index contributed by atoms with van der Waals surface area (Å²) in [6.45, 7) is 8.11. The van der Waals surface area contributed by atoms with E-state index < -0.39 is 5.60 Å². The van der Waals surface area contributed by atoms with Crippen molar-refractivity contribution in [2.45, 2.75) is 52.6 Å². The van der Waals surface area contributed by atoms with Crippen LogP contribution in [0.2, 0.25) is 0 Å². The van der Waals surface area contributed by atoms with Crippen molar-refractivity contribution in [3.05, 3.63) is 30.0 Å². The number of hydrogen-bond acceptors (Lipinski definition) is 5. The highest BCUT2D eigenvalue weighted by Crippen LogP contribution is 2.30. The first-order valence-electron chi connectivity index (χ1n) is 9.76. The maximum atomic E-state index is 12.4. The third-order valence-corrected chi connectivity index (χ3v) is 4.58. The molecule has 0 atom stereocenters. The lowest BCUT2D eigenvalue weighted by molar-refractivity contribution is -0.162. The fraction of sp³-hybridized carbons (Fsp3) is 0.545. The van der Waals surface area contributed by atoms with E-state index in [-0.39, 0.29) is 24.3 Å². The number of benzene rings is 1. The van der Waals surface area contributed by atoms with E-state index in [4.69, 9.17) is 9.47 Å². The Balaban J connectivity index is 2.04. The smallest absolute Gasteiger partial charge is 0.311 e. The Morgan fingerprint density at radius 3 is 2.57 bits per heavy atom. The zero-order valence-electron chi connectivity index (χ0n) is 17.8. The van der Waals surface area contributed by atoms with Gasteiger partial charge in [-0.2, -0.15) is 0 Å².